The summed E-state index contributed by atoms with van der Waals surface area (Å²) in [4.78, 5) is 12.1. The highest BCUT2D eigenvalue weighted by Gasteiger charge is 2.08. The maximum atomic E-state index is 12.1. The number of halogens is 1. The van der Waals surface area contributed by atoms with Crippen LogP contribution in [0.4, 0.5) is 5.82 Å². The number of carbonyl (C=O) groups is 1. The highest BCUT2D eigenvalue weighted by molar-refractivity contribution is 6.30. The number of rotatable bonds is 6. The van der Waals surface area contributed by atoms with Crippen LogP contribution in [0.3, 0.4) is 0 Å². The summed E-state index contributed by atoms with van der Waals surface area (Å²) in [5.74, 6) is 0.469. The lowest BCUT2D eigenvalue weighted by Crippen LogP contribution is -2.16. The fraction of sp³-hybridized carbons (Fsp3) is 0.278. The molecule has 2 aromatic heterocycles. The van der Waals surface area contributed by atoms with Crippen molar-refractivity contribution in [2.24, 2.45) is 0 Å². The van der Waals surface area contributed by atoms with E-state index in [9.17, 15) is 4.79 Å². The molecule has 6 nitrogen and oxygen atoms in total. The molecule has 1 amide bonds. The van der Waals surface area contributed by atoms with Crippen LogP contribution in [0.25, 0.3) is 0 Å². The lowest BCUT2D eigenvalue weighted by atomic mass is 10.2. The second-order valence-electron chi connectivity index (χ2n) is 5.97. The smallest absolute Gasteiger partial charge is 0.227 e. The van der Waals surface area contributed by atoms with Crippen molar-refractivity contribution in [2.75, 3.05) is 5.32 Å². The topological polar surface area (TPSA) is 64.7 Å². The molecule has 0 radical (unpaired) electrons. The first-order chi connectivity index (χ1) is 12.0. The van der Waals surface area contributed by atoms with Gasteiger partial charge in [-0.1, -0.05) is 23.7 Å². The zero-order chi connectivity index (χ0) is 17.8. The van der Waals surface area contributed by atoms with Crippen molar-refractivity contribution < 1.29 is 4.79 Å². The van der Waals surface area contributed by atoms with Crippen LogP contribution >= 0.6 is 11.6 Å². The van der Waals surface area contributed by atoms with Gasteiger partial charge >= 0.3 is 0 Å². The van der Waals surface area contributed by atoms with Crippen LogP contribution in [-0.4, -0.2) is 25.5 Å². The Morgan fingerprint density at radius 1 is 1.16 bits per heavy atom. The Morgan fingerprint density at radius 2 is 1.92 bits per heavy atom. The number of aryl methyl sites for hydroxylation is 3. The van der Waals surface area contributed by atoms with Crippen molar-refractivity contribution in [3.05, 3.63) is 64.6 Å². The van der Waals surface area contributed by atoms with Gasteiger partial charge in [-0.2, -0.15) is 10.2 Å². The van der Waals surface area contributed by atoms with E-state index in [2.05, 4.69) is 15.5 Å². The third-order valence-corrected chi connectivity index (χ3v) is 4.07. The van der Waals surface area contributed by atoms with Crippen LogP contribution in [0, 0.1) is 13.8 Å². The number of nitrogens with zero attached hydrogens (tertiary/aromatic N) is 4. The zero-order valence-electron chi connectivity index (χ0n) is 14.2. The second kappa shape index (κ2) is 7.53. The van der Waals surface area contributed by atoms with Gasteiger partial charge in [-0.3, -0.25) is 14.2 Å². The van der Waals surface area contributed by atoms with Gasteiger partial charge in [0.1, 0.15) is 0 Å². The lowest BCUT2D eigenvalue weighted by Gasteiger charge is -2.05. The Hall–Kier alpha value is -2.60. The highest BCUT2D eigenvalue weighted by atomic mass is 35.5. The van der Waals surface area contributed by atoms with E-state index in [1.807, 2.05) is 55.1 Å². The van der Waals surface area contributed by atoms with Crippen LogP contribution < -0.4 is 5.32 Å². The van der Waals surface area contributed by atoms with Gasteiger partial charge in [0.15, 0.2) is 5.82 Å². The summed E-state index contributed by atoms with van der Waals surface area (Å²) in [7, 11) is 0. The van der Waals surface area contributed by atoms with Gasteiger partial charge in [0.05, 0.1) is 12.2 Å². The Morgan fingerprint density at radius 3 is 2.60 bits per heavy atom. The fourth-order valence-corrected chi connectivity index (χ4v) is 2.73. The van der Waals surface area contributed by atoms with Gasteiger partial charge in [-0.05, 0) is 37.6 Å². The fourth-order valence-electron chi connectivity index (χ4n) is 2.61. The molecule has 130 valence electrons. The van der Waals surface area contributed by atoms with Crippen LogP contribution in [0.5, 0.6) is 0 Å². The third kappa shape index (κ3) is 4.70. The first kappa shape index (κ1) is 17.2. The van der Waals surface area contributed by atoms with Crippen LogP contribution in [0.1, 0.15) is 23.4 Å². The minimum absolute atomic E-state index is 0.0794. The standard InChI is InChI=1S/C18H20ClN5O/c1-13-11-14(2)24(21-13)10-8-18(25)20-17-7-9-23(22-17)12-15-3-5-16(19)6-4-15/h3-7,9,11H,8,10,12H2,1-2H3,(H,20,22,25). The summed E-state index contributed by atoms with van der Waals surface area (Å²) in [5, 5.41) is 12.3. The second-order valence-corrected chi connectivity index (χ2v) is 6.41. The Kier molecular flexibility index (Phi) is 5.19. The van der Waals surface area contributed by atoms with E-state index in [0.717, 1.165) is 17.0 Å². The van der Waals surface area contributed by atoms with Gasteiger partial charge < -0.3 is 5.32 Å². The van der Waals surface area contributed by atoms with Gasteiger partial charge in [0, 0.05) is 35.9 Å². The van der Waals surface area contributed by atoms with Gasteiger partial charge in [-0.15, -0.1) is 0 Å². The minimum Gasteiger partial charge on any atom is -0.309 e. The number of nitrogens with one attached hydrogen (secondary N) is 1. The SMILES string of the molecule is Cc1cc(C)n(CCC(=O)Nc2ccn(Cc3ccc(Cl)cc3)n2)n1. The monoisotopic (exact) mass is 357 g/mol. The number of hydrogen-bond acceptors (Lipinski definition) is 3. The van der Waals surface area contributed by atoms with Crippen molar-refractivity contribution in [1.29, 1.82) is 0 Å². The molecule has 3 rings (SSSR count). The molecule has 0 bridgehead atoms. The lowest BCUT2D eigenvalue weighted by molar-refractivity contribution is -0.116. The summed E-state index contributed by atoms with van der Waals surface area (Å²) in [6, 6.07) is 11.4. The van der Waals surface area contributed by atoms with E-state index < -0.39 is 0 Å². The van der Waals surface area contributed by atoms with Crippen LogP contribution in [-0.2, 0) is 17.9 Å². The number of anilines is 1. The molecule has 25 heavy (non-hydrogen) atoms. The normalized spacial score (nSPS) is 10.8. The van der Waals surface area contributed by atoms with Crippen molar-refractivity contribution in [3.8, 4) is 0 Å². The molecule has 0 saturated heterocycles. The quantitative estimate of drug-likeness (QED) is 0.735. The molecule has 1 aromatic carbocycles. The van der Waals surface area contributed by atoms with E-state index in [-0.39, 0.29) is 5.91 Å². The molecule has 2 heterocycles. The number of amides is 1. The molecule has 3 aromatic rings. The molecule has 7 heteroatoms. The van der Waals surface area contributed by atoms with Crippen LogP contribution in [0.15, 0.2) is 42.6 Å². The molecule has 0 unspecified atom stereocenters. The van der Waals surface area contributed by atoms with Gasteiger partial charge in [-0.25, -0.2) is 0 Å². The van der Waals surface area contributed by atoms with E-state index in [4.69, 9.17) is 11.6 Å². The number of aromatic nitrogens is 4. The maximum Gasteiger partial charge on any atom is 0.227 e. The Bertz CT molecular complexity index is 866. The van der Waals surface area contributed by atoms with E-state index in [1.54, 1.807) is 10.7 Å². The molecule has 0 aliphatic heterocycles. The number of hydrogen-bond donors (Lipinski definition) is 1. The molecule has 0 saturated carbocycles. The highest BCUT2D eigenvalue weighted by Crippen LogP contribution is 2.12. The molecule has 0 spiro atoms. The van der Waals surface area contributed by atoms with Crippen molar-refractivity contribution in [2.45, 2.75) is 33.4 Å². The van der Waals surface area contributed by atoms with Crippen LogP contribution in [0.2, 0.25) is 5.02 Å². The molecule has 1 N–H and O–H groups in total. The summed E-state index contributed by atoms with van der Waals surface area (Å²) in [5.41, 5.74) is 3.10. The predicted molar refractivity (Wildman–Crippen MR) is 97.7 cm³/mol. The van der Waals surface area contributed by atoms with Gasteiger partial charge in [0.2, 0.25) is 5.91 Å². The summed E-state index contributed by atoms with van der Waals surface area (Å²) in [6.07, 6.45) is 2.19. The first-order valence-corrected chi connectivity index (χ1v) is 8.46. The predicted octanol–water partition coefficient (Wildman–Crippen LogP) is 3.43. The van der Waals surface area contributed by atoms with Crippen molar-refractivity contribution in [1.82, 2.24) is 19.6 Å². The van der Waals surface area contributed by atoms with E-state index in [1.165, 1.54) is 0 Å². The van der Waals surface area contributed by atoms with E-state index in [0.29, 0.717) is 30.4 Å². The zero-order valence-corrected chi connectivity index (χ0v) is 15.0. The molecule has 0 aliphatic rings. The average molecular weight is 358 g/mol. The minimum atomic E-state index is -0.0794. The summed E-state index contributed by atoms with van der Waals surface area (Å²) < 4.78 is 3.62. The van der Waals surface area contributed by atoms with Crippen molar-refractivity contribution >= 4 is 23.3 Å². The maximum absolute atomic E-state index is 12.1. The molecular formula is C18H20ClN5O. The number of carbonyl (C=O) groups excluding carboxylic acids is 1. The molecule has 0 fully saturated rings. The first-order valence-electron chi connectivity index (χ1n) is 8.08. The summed E-state index contributed by atoms with van der Waals surface area (Å²) in [6.45, 7) is 5.10. The third-order valence-electron chi connectivity index (χ3n) is 3.82. The summed E-state index contributed by atoms with van der Waals surface area (Å²) >= 11 is 5.88. The average Bonchev–Trinajstić information content (AvgIpc) is 3.13. The Labute approximate surface area is 151 Å². The molecule has 0 aliphatic carbocycles. The molecule has 0 atom stereocenters. The Balaban J connectivity index is 1.53. The van der Waals surface area contributed by atoms with E-state index >= 15 is 0 Å². The van der Waals surface area contributed by atoms with Crippen molar-refractivity contribution in [3.63, 3.8) is 0 Å². The number of benzene rings is 1. The van der Waals surface area contributed by atoms with Gasteiger partial charge in [0.25, 0.3) is 0 Å². The molecular weight excluding hydrogens is 338 g/mol. The largest absolute Gasteiger partial charge is 0.309 e.